The van der Waals surface area contributed by atoms with E-state index in [4.69, 9.17) is 10.2 Å². The molecule has 0 bridgehead atoms. The van der Waals surface area contributed by atoms with Crippen LogP contribution in [0.25, 0.3) is 11.1 Å². The Labute approximate surface area is 270 Å². The second-order valence-corrected chi connectivity index (χ2v) is 11.9. The highest BCUT2D eigenvalue weighted by Crippen LogP contribution is 2.39. The Balaban J connectivity index is 1.07. The van der Waals surface area contributed by atoms with Gasteiger partial charge in [-0.2, -0.15) is 10.2 Å². The Hall–Kier alpha value is -5.74. The van der Waals surface area contributed by atoms with Crippen LogP contribution in [0.3, 0.4) is 0 Å². The Morgan fingerprint density at radius 2 is 0.674 bits per heavy atom. The van der Waals surface area contributed by atoms with E-state index in [1.165, 1.54) is 33.4 Å². The van der Waals surface area contributed by atoms with Crippen molar-refractivity contribution in [2.24, 2.45) is 10.2 Å². The molecule has 2 aliphatic heterocycles. The molecule has 0 N–H and O–H groups in total. The highest BCUT2D eigenvalue weighted by molar-refractivity contribution is 6.04. The molecule has 222 valence electrons. The van der Waals surface area contributed by atoms with Crippen LogP contribution in [0.15, 0.2) is 180 Å². The van der Waals surface area contributed by atoms with Crippen molar-refractivity contribution in [2.45, 2.75) is 24.9 Å². The highest BCUT2D eigenvalue weighted by atomic mass is 15.5. The molecule has 0 aliphatic carbocycles. The van der Waals surface area contributed by atoms with Crippen LogP contribution in [0, 0.1) is 0 Å². The van der Waals surface area contributed by atoms with E-state index < -0.39 is 0 Å². The lowest BCUT2D eigenvalue weighted by molar-refractivity contribution is 0.709. The smallest absolute Gasteiger partial charge is 0.0831 e. The fraction of sp³-hybridized carbons (Fsp3) is 0.0952. The van der Waals surface area contributed by atoms with Crippen LogP contribution >= 0.6 is 0 Å². The Morgan fingerprint density at radius 1 is 0.348 bits per heavy atom. The van der Waals surface area contributed by atoms with Crippen molar-refractivity contribution in [1.82, 2.24) is 0 Å². The number of hydrogen-bond donors (Lipinski definition) is 0. The Kier molecular flexibility index (Phi) is 7.45. The van der Waals surface area contributed by atoms with Gasteiger partial charge in [-0.15, -0.1) is 0 Å². The molecule has 2 atom stereocenters. The molecule has 0 saturated heterocycles. The summed E-state index contributed by atoms with van der Waals surface area (Å²) < 4.78 is 0. The van der Waals surface area contributed by atoms with E-state index in [-0.39, 0.29) is 12.1 Å². The summed E-state index contributed by atoms with van der Waals surface area (Å²) in [7, 11) is 0. The van der Waals surface area contributed by atoms with Crippen molar-refractivity contribution in [1.29, 1.82) is 0 Å². The summed E-state index contributed by atoms with van der Waals surface area (Å²) in [5.41, 5.74) is 11.6. The van der Waals surface area contributed by atoms with Crippen LogP contribution in [-0.2, 0) is 0 Å². The Morgan fingerprint density at radius 3 is 1.02 bits per heavy atom. The van der Waals surface area contributed by atoms with Gasteiger partial charge in [0.05, 0.1) is 34.9 Å². The van der Waals surface area contributed by atoms with Gasteiger partial charge in [-0.1, -0.05) is 146 Å². The number of rotatable bonds is 7. The van der Waals surface area contributed by atoms with Gasteiger partial charge in [0.1, 0.15) is 0 Å². The zero-order valence-corrected chi connectivity index (χ0v) is 25.5. The zero-order valence-electron chi connectivity index (χ0n) is 25.5. The summed E-state index contributed by atoms with van der Waals surface area (Å²) in [6, 6.07) is 60.3. The second-order valence-electron chi connectivity index (χ2n) is 11.9. The minimum absolute atomic E-state index is 0.154. The lowest BCUT2D eigenvalue weighted by Crippen LogP contribution is -2.18. The minimum atomic E-state index is 0.154. The fourth-order valence-corrected chi connectivity index (χ4v) is 6.59. The largest absolute Gasteiger partial charge is 0.257 e. The summed E-state index contributed by atoms with van der Waals surface area (Å²) >= 11 is 0. The number of nitrogens with zero attached hydrogens (tertiary/aromatic N) is 4. The summed E-state index contributed by atoms with van der Waals surface area (Å²) in [6.07, 6.45) is 1.73. The predicted octanol–water partition coefficient (Wildman–Crippen LogP) is 10.1. The number of anilines is 2. The first kappa shape index (κ1) is 27.8. The maximum absolute atomic E-state index is 5.14. The van der Waals surface area contributed by atoms with Gasteiger partial charge in [-0.25, -0.2) is 0 Å². The summed E-state index contributed by atoms with van der Waals surface area (Å²) in [4.78, 5) is 0. The number of hydrogen-bond acceptors (Lipinski definition) is 4. The topological polar surface area (TPSA) is 31.2 Å². The van der Waals surface area contributed by atoms with E-state index in [9.17, 15) is 0 Å². The first-order valence-electron chi connectivity index (χ1n) is 15.9. The molecule has 0 aromatic heterocycles. The lowest BCUT2D eigenvalue weighted by atomic mass is 9.98. The van der Waals surface area contributed by atoms with Crippen LogP contribution in [0.1, 0.15) is 47.2 Å². The Bertz CT molecular complexity index is 1820. The third kappa shape index (κ3) is 5.50. The molecule has 4 heteroatoms. The summed E-state index contributed by atoms with van der Waals surface area (Å²) in [5.74, 6) is 0. The molecule has 6 aromatic carbocycles. The van der Waals surface area contributed by atoms with Crippen LogP contribution < -0.4 is 10.0 Å². The molecule has 0 radical (unpaired) electrons. The van der Waals surface area contributed by atoms with Gasteiger partial charge < -0.3 is 0 Å². The third-order valence-corrected chi connectivity index (χ3v) is 9.00. The van der Waals surface area contributed by atoms with E-state index in [2.05, 4.69) is 180 Å². The highest BCUT2D eigenvalue weighted by Gasteiger charge is 2.31. The van der Waals surface area contributed by atoms with Gasteiger partial charge in [0.15, 0.2) is 0 Å². The van der Waals surface area contributed by atoms with Crippen LogP contribution in [-0.4, -0.2) is 11.4 Å². The maximum Gasteiger partial charge on any atom is 0.0831 e. The molecule has 0 amide bonds. The average Bonchev–Trinajstić information content (AvgIpc) is 3.80. The molecular formula is C42H34N4. The predicted molar refractivity (Wildman–Crippen MR) is 190 cm³/mol. The molecule has 0 unspecified atom stereocenters. The minimum Gasteiger partial charge on any atom is -0.257 e. The lowest BCUT2D eigenvalue weighted by Gasteiger charge is -2.25. The van der Waals surface area contributed by atoms with Gasteiger partial charge in [0, 0.05) is 12.8 Å². The molecule has 2 heterocycles. The molecule has 0 spiro atoms. The van der Waals surface area contributed by atoms with Gasteiger partial charge in [0.2, 0.25) is 0 Å². The third-order valence-electron chi connectivity index (χ3n) is 9.00. The van der Waals surface area contributed by atoms with Gasteiger partial charge >= 0.3 is 0 Å². The van der Waals surface area contributed by atoms with Crippen molar-refractivity contribution < 1.29 is 0 Å². The molecule has 4 nitrogen and oxygen atoms in total. The fourth-order valence-electron chi connectivity index (χ4n) is 6.59. The van der Waals surface area contributed by atoms with Crippen LogP contribution in [0.2, 0.25) is 0 Å². The van der Waals surface area contributed by atoms with Crippen molar-refractivity contribution >= 4 is 22.8 Å². The van der Waals surface area contributed by atoms with E-state index >= 15 is 0 Å². The molecule has 8 rings (SSSR count). The van der Waals surface area contributed by atoms with E-state index in [1.807, 2.05) is 0 Å². The van der Waals surface area contributed by atoms with Gasteiger partial charge in [-0.3, -0.25) is 10.0 Å². The van der Waals surface area contributed by atoms with Gasteiger partial charge in [-0.05, 0) is 57.6 Å². The standard InChI is InChI=1S/C42H34N4/c1-5-13-33(14-6-1)39-29-41(35-17-9-3-10-18-35)45(43-39)37-25-21-31(22-26-37)32-23-27-38(28-24-32)46-42(36-19-11-4-12-20-36)30-40(44-46)34-15-7-2-8-16-34/h1-28,41-42H,29-30H2/t41-,42+. The van der Waals surface area contributed by atoms with E-state index in [0.717, 1.165) is 35.6 Å². The molecule has 6 aromatic rings. The van der Waals surface area contributed by atoms with Crippen molar-refractivity contribution in [3.05, 3.63) is 192 Å². The van der Waals surface area contributed by atoms with Crippen molar-refractivity contribution in [2.75, 3.05) is 10.0 Å². The van der Waals surface area contributed by atoms with Crippen molar-refractivity contribution in [3.63, 3.8) is 0 Å². The zero-order chi connectivity index (χ0) is 30.7. The average molecular weight is 595 g/mol. The quantitative estimate of drug-likeness (QED) is 0.184. The van der Waals surface area contributed by atoms with Crippen molar-refractivity contribution in [3.8, 4) is 11.1 Å². The SMILES string of the molecule is c1ccc(C2=NN(c3ccc(-c4ccc(N5N=C(c6ccccc6)C[C@H]5c5ccccc5)cc4)cc3)[C@@H](c3ccccc3)C2)cc1. The second kappa shape index (κ2) is 12.3. The normalized spacial score (nSPS) is 17.6. The monoisotopic (exact) mass is 594 g/mol. The first-order chi connectivity index (χ1) is 22.8. The number of hydrazone groups is 2. The molecule has 46 heavy (non-hydrogen) atoms. The number of benzene rings is 6. The first-order valence-corrected chi connectivity index (χ1v) is 15.9. The summed E-state index contributed by atoms with van der Waals surface area (Å²) in [5, 5.41) is 14.6. The molecule has 0 saturated carbocycles. The molecule has 2 aliphatic rings. The molecule has 0 fully saturated rings. The van der Waals surface area contributed by atoms with Crippen LogP contribution in [0.4, 0.5) is 11.4 Å². The van der Waals surface area contributed by atoms with Gasteiger partial charge in [0.25, 0.3) is 0 Å². The molecular weight excluding hydrogens is 560 g/mol. The van der Waals surface area contributed by atoms with Crippen LogP contribution in [0.5, 0.6) is 0 Å². The summed E-state index contributed by atoms with van der Waals surface area (Å²) in [6.45, 7) is 0. The maximum atomic E-state index is 5.14. The van der Waals surface area contributed by atoms with E-state index in [0.29, 0.717) is 0 Å². The van der Waals surface area contributed by atoms with E-state index in [1.54, 1.807) is 0 Å².